The van der Waals surface area contributed by atoms with E-state index in [9.17, 15) is 14.0 Å². The Bertz CT molecular complexity index is 915. The van der Waals surface area contributed by atoms with Crippen molar-refractivity contribution in [2.75, 3.05) is 31.7 Å². The summed E-state index contributed by atoms with van der Waals surface area (Å²) in [5, 5.41) is 11.8. The predicted molar refractivity (Wildman–Crippen MR) is 118 cm³/mol. The first-order valence-electron chi connectivity index (χ1n) is 9.61. The third-order valence-electron chi connectivity index (χ3n) is 4.37. The Morgan fingerprint density at radius 3 is 2.50 bits per heavy atom. The van der Waals surface area contributed by atoms with Gasteiger partial charge in [0.05, 0.1) is 37.1 Å². The summed E-state index contributed by atoms with van der Waals surface area (Å²) < 4.78 is 24.7. The lowest BCUT2D eigenvalue weighted by molar-refractivity contribution is -0.160. The number of aliphatic hydroxyl groups excluding tert-OH is 1. The number of anilines is 1. The van der Waals surface area contributed by atoms with Gasteiger partial charge in [0.25, 0.3) is 5.91 Å². The van der Waals surface area contributed by atoms with Gasteiger partial charge in [-0.2, -0.15) is 0 Å². The summed E-state index contributed by atoms with van der Waals surface area (Å²) in [7, 11) is 2.99. The molecule has 2 atom stereocenters. The number of amides is 1. The van der Waals surface area contributed by atoms with Crippen molar-refractivity contribution in [3.8, 4) is 0 Å². The minimum Gasteiger partial charge on any atom is -0.460 e. The molecule has 0 radical (unpaired) electrons. The smallest absolute Gasteiger partial charge is 0.338 e. The lowest BCUT2D eigenvalue weighted by Gasteiger charge is -2.19. The highest BCUT2D eigenvalue weighted by Gasteiger charge is 2.19. The molecule has 0 aliphatic rings. The molecule has 0 saturated heterocycles. The standard InChI is InChI=1S/C21H26FN3O6S/c1-13(14-4-6-17(22)7-5-14)24-20(27)15-8-16(21(28)30-12-18(23)11-26)10-19(9-15)25(2)32-31-29-3/h4-10,13,18,26H,11-12,23H2,1-3H3,(H,24,27)/t13-,18?/m1/s1. The van der Waals surface area contributed by atoms with Crippen LogP contribution in [0.4, 0.5) is 10.1 Å². The number of nitrogens with one attached hydrogen (secondary N) is 1. The number of nitrogens with zero attached hydrogens (tertiary/aromatic N) is 1. The summed E-state index contributed by atoms with van der Waals surface area (Å²) in [4.78, 5) is 30.0. The van der Waals surface area contributed by atoms with E-state index in [1.807, 2.05) is 0 Å². The largest absolute Gasteiger partial charge is 0.460 e. The number of carbonyl (C=O) groups is 2. The van der Waals surface area contributed by atoms with Crippen LogP contribution in [-0.4, -0.2) is 50.4 Å². The van der Waals surface area contributed by atoms with Crippen LogP contribution in [0.2, 0.25) is 0 Å². The normalized spacial score (nSPS) is 12.7. The van der Waals surface area contributed by atoms with Gasteiger partial charge in [0.15, 0.2) is 12.2 Å². The Balaban J connectivity index is 2.27. The SMILES string of the molecule is COOSN(C)c1cc(C(=O)N[C@H](C)c2ccc(F)cc2)cc(C(=O)OCC(N)CO)c1. The predicted octanol–water partition coefficient (Wildman–Crippen LogP) is 2.37. The average Bonchev–Trinajstić information content (AvgIpc) is 2.80. The first-order chi connectivity index (χ1) is 15.2. The zero-order valence-corrected chi connectivity index (χ0v) is 18.7. The Hall–Kier alpha value is -2.70. The molecule has 0 saturated carbocycles. The number of esters is 1. The molecule has 0 heterocycles. The van der Waals surface area contributed by atoms with Crippen LogP contribution < -0.4 is 15.4 Å². The van der Waals surface area contributed by atoms with Crippen molar-refractivity contribution in [2.45, 2.75) is 19.0 Å². The molecule has 11 heteroatoms. The molecule has 2 aromatic rings. The van der Waals surface area contributed by atoms with E-state index in [1.165, 1.54) is 31.4 Å². The van der Waals surface area contributed by atoms with Crippen LogP contribution in [0.1, 0.15) is 39.2 Å². The highest BCUT2D eigenvalue weighted by molar-refractivity contribution is 7.95. The number of hydrogen-bond acceptors (Lipinski definition) is 9. The molecule has 0 bridgehead atoms. The molecule has 32 heavy (non-hydrogen) atoms. The van der Waals surface area contributed by atoms with Gasteiger partial charge in [-0.25, -0.2) is 14.1 Å². The fourth-order valence-corrected chi connectivity index (χ4v) is 2.94. The van der Waals surface area contributed by atoms with Gasteiger partial charge in [-0.3, -0.25) is 9.10 Å². The summed E-state index contributed by atoms with van der Waals surface area (Å²) in [6.45, 7) is 1.24. The lowest BCUT2D eigenvalue weighted by atomic mass is 10.1. The monoisotopic (exact) mass is 467 g/mol. The van der Waals surface area contributed by atoms with Crippen molar-refractivity contribution >= 4 is 29.8 Å². The number of hydrogen-bond donors (Lipinski definition) is 3. The van der Waals surface area contributed by atoms with Gasteiger partial charge in [-0.15, -0.1) is 4.33 Å². The minimum absolute atomic E-state index is 0.108. The maximum Gasteiger partial charge on any atom is 0.338 e. The van der Waals surface area contributed by atoms with Crippen molar-refractivity contribution in [2.24, 2.45) is 5.73 Å². The molecular formula is C21H26FN3O6S. The van der Waals surface area contributed by atoms with Gasteiger partial charge < -0.3 is 20.9 Å². The highest BCUT2D eigenvalue weighted by Crippen LogP contribution is 2.25. The van der Waals surface area contributed by atoms with E-state index in [1.54, 1.807) is 36.5 Å². The quantitative estimate of drug-likeness (QED) is 0.150. The molecule has 4 N–H and O–H groups in total. The lowest BCUT2D eigenvalue weighted by Crippen LogP contribution is -2.31. The molecule has 0 fully saturated rings. The molecule has 0 aromatic heterocycles. The fourth-order valence-electron chi connectivity index (χ4n) is 2.59. The molecule has 2 aromatic carbocycles. The van der Waals surface area contributed by atoms with Crippen molar-refractivity contribution < 1.29 is 33.0 Å². The second-order valence-corrected chi connectivity index (χ2v) is 7.70. The van der Waals surface area contributed by atoms with Crippen molar-refractivity contribution in [3.63, 3.8) is 0 Å². The van der Waals surface area contributed by atoms with Crippen LogP contribution >= 0.6 is 12.2 Å². The maximum atomic E-state index is 13.2. The Labute approximate surface area is 189 Å². The number of carbonyl (C=O) groups excluding carboxylic acids is 2. The van der Waals surface area contributed by atoms with Gasteiger partial charge in [0, 0.05) is 12.6 Å². The van der Waals surface area contributed by atoms with E-state index in [4.69, 9.17) is 19.9 Å². The number of benzene rings is 2. The van der Waals surface area contributed by atoms with Crippen LogP contribution in [0.25, 0.3) is 0 Å². The summed E-state index contributed by atoms with van der Waals surface area (Å²) in [6, 6.07) is 9.13. The molecule has 1 unspecified atom stereocenters. The van der Waals surface area contributed by atoms with E-state index in [0.29, 0.717) is 5.69 Å². The zero-order valence-electron chi connectivity index (χ0n) is 17.9. The van der Waals surface area contributed by atoms with Gasteiger partial charge >= 0.3 is 5.97 Å². The number of ether oxygens (including phenoxy) is 1. The van der Waals surface area contributed by atoms with Crippen molar-refractivity contribution in [1.82, 2.24) is 5.32 Å². The summed E-state index contributed by atoms with van der Waals surface area (Å²) in [5.74, 6) is -1.53. The summed E-state index contributed by atoms with van der Waals surface area (Å²) in [6.07, 6.45) is 0. The van der Waals surface area contributed by atoms with Crippen molar-refractivity contribution in [3.05, 3.63) is 65.0 Å². The fraction of sp³-hybridized carbons (Fsp3) is 0.333. The van der Waals surface area contributed by atoms with Gasteiger partial charge in [-0.1, -0.05) is 12.1 Å². The molecule has 9 nitrogen and oxygen atoms in total. The number of rotatable bonds is 11. The van der Waals surface area contributed by atoms with Crippen molar-refractivity contribution in [1.29, 1.82) is 0 Å². The Morgan fingerprint density at radius 2 is 1.88 bits per heavy atom. The number of aliphatic hydroxyl groups is 1. The molecule has 2 rings (SSSR count). The zero-order chi connectivity index (χ0) is 23.7. The molecule has 0 aliphatic carbocycles. The van der Waals surface area contributed by atoms with Gasteiger partial charge in [-0.05, 0) is 42.8 Å². The second-order valence-electron chi connectivity index (χ2n) is 6.86. The van der Waals surface area contributed by atoms with Crippen LogP contribution in [0, 0.1) is 5.82 Å². The van der Waals surface area contributed by atoms with E-state index >= 15 is 0 Å². The van der Waals surface area contributed by atoms with Crippen LogP contribution in [0.15, 0.2) is 42.5 Å². The number of halogens is 1. The number of nitrogens with two attached hydrogens (primary N) is 1. The van der Waals surface area contributed by atoms with Crippen LogP contribution in [-0.2, 0) is 14.0 Å². The first kappa shape index (κ1) is 25.6. The van der Waals surface area contributed by atoms with Crippen LogP contribution in [0.5, 0.6) is 0 Å². The molecule has 0 aliphatic heterocycles. The highest BCUT2D eigenvalue weighted by atomic mass is 32.2. The third-order valence-corrected chi connectivity index (χ3v) is 5.00. The minimum atomic E-state index is -0.713. The average molecular weight is 468 g/mol. The van der Waals surface area contributed by atoms with E-state index in [2.05, 4.69) is 10.2 Å². The Morgan fingerprint density at radius 1 is 1.22 bits per heavy atom. The van der Waals surface area contributed by atoms with Crippen LogP contribution in [0.3, 0.4) is 0 Å². The maximum absolute atomic E-state index is 13.2. The second kappa shape index (κ2) is 12.4. The molecule has 0 spiro atoms. The van der Waals surface area contributed by atoms with E-state index < -0.39 is 24.0 Å². The molecule has 1 amide bonds. The molecular weight excluding hydrogens is 441 g/mol. The van der Waals surface area contributed by atoms with E-state index in [0.717, 1.165) is 17.8 Å². The summed E-state index contributed by atoms with van der Waals surface area (Å²) in [5.41, 5.74) is 7.06. The summed E-state index contributed by atoms with van der Waals surface area (Å²) >= 11 is 0.843. The topological polar surface area (TPSA) is 123 Å². The Kier molecular flexibility index (Phi) is 9.88. The first-order valence-corrected chi connectivity index (χ1v) is 10.3. The van der Waals surface area contributed by atoms with Gasteiger partial charge in [0.2, 0.25) is 0 Å². The third kappa shape index (κ3) is 7.46. The molecule has 174 valence electrons. The van der Waals surface area contributed by atoms with E-state index in [-0.39, 0.29) is 30.2 Å². The van der Waals surface area contributed by atoms with Gasteiger partial charge in [0.1, 0.15) is 12.4 Å².